The quantitative estimate of drug-likeness (QED) is 0.614. The van der Waals surface area contributed by atoms with Gasteiger partial charge in [-0.2, -0.15) is 0 Å². The summed E-state index contributed by atoms with van der Waals surface area (Å²) in [6.45, 7) is 5.13. The highest BCUT2D eigenvalue weighted by Gasteiger charge is 2.16. The van der Waals surface area contributed by atoms with Gasteiger partial charge in [0.15, 0.2) is 5.03 Å². The van der Waals surface area contributed by atoms with Crippen molar-refractivity contribution in [1.82, 2.24) is 14.3 Å². The second-order valence-corrected chi connectivity index (χ2v) is 7.14. The van der Waals surface area contributed by atoms with Crippen molar-refractivity contribution in [2.45, 2.75) is 43.1 Å². The number of imidazole rings is 1. The molecule has 0 radical (unpaired) electrons. The van der Waals surface area contributed by atoms with Gasteiger partial charge in [-0.1, -0.05) is 22.9 Å². The van der Waals surface area contributed by atoms with Gasteiger partial charge < -0.3 is 4.57 Å². The molecule has 0 fully saturated rings. The fraction of sp³-hybridized carbons (Fsp3) is 0.700. The van der Waals surface area contributed by atoms with E-state index in [2.05, 4.69) is 25.6 Å². The third-order valence-corrected chi connectivity index (χ3v) is 4.12. The molecule has 0 bridgehead atoms. The molecule has 98 valence electrons. The van der Waals surface area contributed by atoms with Gasteiger partial charge in [-0.05, 0) is 19.8 Å². The molecule has 0 aromatic carbocycles. The van der Waals surface area contributed by atoms with Gasteiger partial charge in [0, 0.05) is 24.1 Å². The molecular formula is C10H18BrN3O2S. The number of aromatic nitrogens is 2. The Morgan fingerprint density at radius 3 is 2.82 bits per heavy atom. The van der Waals surface area contributed by atoms with E-state index in [1.807, 2.05) is 13.8 Å². The molecular weight excluding hydrogens is 306 g/mol. The minimum atomic E-state index is -3.44. The number of sulfonamides is 1. The molecule has 1 aromatic heterocycles. The monoisotopic (exact) mass is 323 g/mol. The van der Waals surface area contributed by atoms with Crippen LogP contribution < -0.4 is 4.72 Å². The Morgan fingerprint density at radius 2 is 2.29 bits per heavy atom. The van der Waals surface area contributed by atoms with Crippen LogP contribution in [-0.2, 0) is 16.6 Å². The molecule has 1 heterocycles. The van der Waals surface area contributed by atoms with Crippen molar-refractivity contribution in [3.8, 4) is 0 Å². The van der Waals surface area contributed by atoms with E-state index in [1.165, 1.54) is 12.5 Å². The van der Waals surface area contributed by atoms with Gasteiger partial charge in [0.05, 0.1) is 6.33 Å². The molecule has 0 saturated heterocycles. The summed E-state index contributed by atoms with van der Waals surface area (Å²) < 4.78 is 27.9. The van der Waals surface area contributed by atoms with Crippen LogP contribution in [0.15, 0.2) is 17.6 Å². The van der Waals surface area contributed by atoms with Gasteiger partial charge in [0.1, 0.15) is 0 Å². The number of hydrogen-bond acceptors (Lipinski definition) is 3. The maximum absolute atomic E-state index is 11.8. The summed E-state index contributed by atoms with van der Waals surface area (Å²) in [7, 11) is -3.44. The largest absolute Gasteiger partial charge is 0.336 e. The summed E-state index contributed by atoms with van der Waals surface area (Å²) in [5, 5.41) is 0.0891. The van der Waals surface area contributed by atoms with Gasteiger partial charge in [-0.25, -0.2) is 18.1 Å². The van der Waals surface area contributed by atoms with Crippen molar-refractivity contribution < 1.29 is 8.42 Å². The molecule has 0 spiro atoms. The summed E-state index contributed by atoms with van der Waals surface area (Å²) in [5.41, 5.74) is 0. The molecule has 0 aliphatic heterocycles. The fourth-order valence-corrected chi connectivity index (χ4v) is 2.66. The highest BCUT2D eigenvalue weighted by Crippen LogP contribution is 2.07. The molecule has 0 aliphatic rings. The summed E-state index contributed by atoms with van der Waals surface area (Å²) in [6, 6.07) is 0. The second kappa shape index (κ2) is 6.51. The van der Waals surface area contributed by atoms with Crippen LogP contribution in [0.2, 0.25) is 0 Å². The molecule has 17 heavy (non-hydrogen) atoms. The van der Waals surface area contributed by atoms with Crippen molar-refractivity contribution in [2.75, 3.05) is 6.54 Å². The van der Waals surface area contributed by atoms with Crippen LogP contribution in [0, 0.1) is 0 Å². The first kappa shape index (κ1) is 14.7. The lowest BCUT2D eigenvalue weighted by Crippen LogP contribution is -2.25. The second-order valence-electron chi connectivity index (χ2n) is 3.86. The molecule has 1 atom stereocenters. The van der Waals surface area contributed by atoms with E-state index < -0.39 is 10.0 Å². The Balaban J connectivity index is 2.51. The van der Waals surface area contributed by atoms with Gasteiger partial charge >= 0.3 is 0 Å². The predicted molar refractivity (Wildman–Crippen MR) is 70.7 cm³/mol. The number of nitrogens with zero attached hydrogens (tertiary/aromatic N) is 2. The van der Waals surface area contributed by atoms with Gasteiger partial charge in [0.2, 0.25) is 0 Å². The van der Waals surface area contributed by atoms with Crippen LogP contribution in [0.4, 0.5) is 0 Å². The lowest BCUT2D eigenvalue weighted by Gasteiger charge is -2.05. The molecule has 7 heteroatoms. The van der Waals surface area contributed by atoms with E-state index in [1.54, 1.807) is 4.57 Å². The number of nitrogens with one attached hydrogen (secondary N) is 1. The average molecular weight is 324 g/mol. The Hall–Kier alpha value is -0.400. The van der Waals surface area contributed by atoms with E-state index in [-0.39, 0.29) is 5.03 Å². The van der Waals surface area contributed by atoms with Crippen molar-refractivity contribution in [3.05, 3.63) is 12.5 Å². The number of hydrogen-bond donors (Lipinski definition) is 1. The summed E-state index contributed by atoms with van der Waals surface area (Å²) in [6.07, 6.45) is 4.80. The first-order chi connectivity index (χ1) is 7.95. The van der Waals surface area contributed by atoms with E-state index in [4.69, 9.17) is 0 Å². The summed E-state index contributed by atoms with van der Waals surface area (Å²) in [4.78, 5) is 4.28. The Bertz CT molecular complexity index is 442. The predicted octanol–water partition coefficient (Wildman–Crippen LogP) is 1.74. The van der Waals surface area contributed by atoms with Crippen LogP contribution in [0.1, 0.15) is 26.7 Å². The first-order valence-corrected chi connectivity index (χ1v) is 8.01. The molecule has 0 amide bonds. The number of halogens is 1. The van der Waals surface area contributed by atoms with Crippen molar-refractivity contribution in [2.24, 2.45) is 0 Å². The van der Waals surface area contributed by atoms with Crippen molar-refractivity contribution in [3.63, 3.8) is 0 Å². The third-order valence-electron chi connectivity index (χ3n) is 2.32. The molecule has 1 aromatic rings. The Kier molecular flexibility index (Phi) is 5.61. The molecule has 1 unspecified atom stereocenters. The fourth-order valence-electron chi connectivity index (χ4n) is 1.32. The Morgan fingerprint density at radius 1 is 1.59 bits per heavy atom. The highest BCUT2D eigenvalue weighted by molar-refractivity contribution is 9.09. The van der Waals surface area contributed by atoms with Crippen LogP contribution in [-0.4, -0.2) is 29.3 Å². The van der Waals surface area contributed by atoms with E-state index >= 15 is 0 Å². The standard InChI is InChI=1S/C10H18BrN3O2S/c1-3-14-7-10(12-8-14)17(15,16)13-6-4-5-9(2)11/h7-9,13H,3-6H2,1-2H3. The van der Waals surface area contributed by atoms with Crippen LogP contribution >= 0.6 is 15.9 Å². The first-order valence-electron chi connectivity index (χ1n) is 5.61. The maximum atomic E-state index is 11.8. The zero-order valence-electron chi connectivity index (χ0n) is 10.1. The van der Waals surface area contributed by atoms with Crippen molar-refractivity contribution in [1.29, 1.82) is 0 Å². The molecule has 1 rings (SSSR count). The Labute approximate surface area is 111 Å². The summed E-state index contributed by atoms with van der Waals surface area (Å²) >= 11 is 3.42. The van der Waals surface area contributed by atoms with E-state index in [0.29, 0.717) is 17.9 Å². The zero-order chi connectivity index (χ0) is 12.9. The van der Waals surface area contributed by atoms with Gasteiger partial charge in [0.25, 0.3) is 10.0 Å². The van der Waals surface area contributed by atoms with E-state index in [9.17, 15) is 8.42 Å². The molecule has 5 nitrogen and oxygen atoms in total. The topological polar surface area (TPSA) is 64.0 Å². The third kappa shape index (κ3) is 4.77. The minimum absolute atomic E-state index is 0.0891. The highest BCUT2D eigenvalue weighted by atomic mass is 79.9. The average Bonchev–Trinajstić information content (AvgIpc) is 2.73. The van der Waals surface area contributed by atoms with Crippen LogP contribution in [0.5, 0.6) is 0 Å². The lowest BCUT2D eigenvalue weighted by atomic mass is 10.2. The smallest absolute Gasteiger partial charge is 0.259 e. The molecule has 1 N–H and O–H groups in total. The van der Waals surface area contributed by atoms with Crippen LogP contribution in [0.25, 0.3) is 0 Å². The van der Waals surface area contributed by atoms with Gasteiger partial charge in [-0.3, -0.25) is 0 Å². The number of rotatable bonds is 7. The maximum Gasteiger partial charge on any atom is 0.259 e. The molecule has 0 aliphatic carbocycles. The van der Waals surface area contributed by atoms with E-state index in [0.717, 1.165) is 12.8 Å². The number of alkyl halides is 1. The van der Waals surface area contributed by atoms with Gasteiger partial charge in [-0.15, -0.1) is 0 Å². The zero-order valence-corrected chi connectivity index (χ0v) is 12.5. The summed E-state index contributed by atoms with van der Waals surface area (Å²) in [5.74, 6) is 0. The van der Waals surface area contributed by atoms with Crippen molar-refractivity contribution >= 4 is 26.0 Å². The SMILES string of the molecule is CCn1cnc(S(=O)(=O)NCCCC(C)Br)c1. The lowest BCUT2D eigenvalue weighted by molar-refractivity contribution is 0.573. The number of aryl methyl sites for hydroxylation is 1. The van der Waals surface area contributed by atoms with Crippen LogP contribution in [0.3, 0.4) is 0 Å². The molecule has 0 saturated carbocycles. The minimum Gasteiger partial charge on any atom is -0.336 e. The normalized spacial score (nSPS) is 13.8.